The van der Waals surface area contributed by atoms with E-state index in [4.69, 9.17) is 5.73 Å². The lowest BCUT2D eigenvalue weighted by molar-refractivity contribution is -0.129. The molecule has 1 heterocycles. The standard InChI is InChI=1S/C15H29N3O2/c1-12(11-18-10-4-5-14(18)20)17-13(19)6-7-15(2,3)8-9-16/h12H,4-11,16H2,1-3H3,(H,17,19). The lowest BCUT2D eigenvalue weighted by atomic mass is 9.84. The molecule has 0 spiro atoms. The van der Waals surface area contributed by atoms with Crippen molar-refractivity contribution >= 4 is 11.8 Å². The van der Waals surface area contributed by atoms with Crippen molar-refractivity contribution in [3.05, 3.63) is 0 Å². The highest BCUT2D eigenvalue weighted by Gasteiger charge is 2.23. The van der Waals surface area contributed by atoms with Crippen LogP contribution in [0.4, 0.5) is 0 Å². The molecule has 2 amide bonds. The molecule has 0 bridgehead atoms. The highest BCUT2D eigenvalue weighted by atomic mass is 16.2. The van der Waals surface area contributed by atoms with Crippen LogP contribution >= 0.6 is 0 Å². The number of carbonyl (C=O) groups excluding carboxylic acids is 2. The molecule has 116 valence electrons. The maximum atomic E-state index is 11.9. The Kier molecular flexibility index (Phi) is 6.46. The number of likely N-dealkylation sites (tertiary alicyclic amines) is 1. The number of rotatable bonds is 8. The van der Waals surface area contributed by atoms with Gasteiger partial charge in [-0.15, -0.1) is 0 Å². The molecule has 0 saturated carbocycles. The molecule has 5 nitrogen and oxygen atoms in total. The molecule has 1 saturated heterocycles. The van der Waals surface area contributed by atoms with Crippen molar-refractivity contribution in [2.75, 3.05) is 19.6 Å². The van der Waals surface area contributed by atoms with Crippen molar-refractivity contribution in [3.63, 3.8) is 0 Å². The van der Waals surface area contributed by atoms with E-state index >= 15 is 0 Å². The molecule has 1 rings (SSSR count). The zero-order valence-electron chi connectivity index (χ0n) is 13.1. The number of amides is 2. The second-order valence-electron chi connectivity index (χ2n) is 6.61. The van der Waals surface area contributed by atoms with Gasteiger partial charge in [-0.25, -0.2) is 0 Å². The van der Waals surface area contributed by atoms with Crippen molar-refractivity contribution in [3.8, 4) is 0 Å². The summed E-state index contributed by atoms with van der Waals surface area (Å²) in [5.41, 5.74) is 5.68. The zero-order chi connectivity index (χ0) is 15.2. The van der Waals surface area contributed by atoms with E-state index < -0.39 is 0 Å². The third kappa shape index (κ3) is 5.90. The average Bonchev–Trinajstić information content (AvgIpc) is 2.72. The number of nitrogens with two attached hydrogens (primary N) is 1. The summed E-state index contributed by atoms with van der Waals surface area (Å²) in [6, 6.07) is 0.0159. The van der Waals surface area contributed by atoms with E-state index in [0.29, 0.717) is 25.9 Å². The van der Waals surface area contributed by atoms with E-state index in [1.807, 2.05) is 11.8 Å². The molecule has 0 radical (unpaired) electrons. The molecule has 1 aliphatic rings. The predicted octanol–water partition coefficient (Wildman–Crippen LogP) is 1.27. The summed E-state index contributed by atoms with van der Waals surface area (Å²) in [4.78, 5) is 25.3. The van der Waals surface area contributed by atoms with Gasteiger partial charge in [0, 0.05) is 32.0 Å². The summed E-state index contributed by atoms with van der Waals surface area (Å²) in [6.45, 7) is 8.33. The fourth-order valence-corrected chi connectivity index (χ4v) is 2.59. The smallest absolute Gasteiger partial charge is 0.222 e. The molecule has 1 atom stereocenters. The Balaban J connectivity index is 2.26. The summed E-state index contributed by atoms with van der Waals surface area (Å²) < 4.78 is 0. The molecule has 3 N–H and O–H groups in total. The molecule has 20 heavy (non-hydrogen) atoms. The maximum absolute atomic E-state index is 11.9. The van der Waals surface area contributed by atoms with Gasteiger partial charge >= 0.3 is 0 Å². The van der Waals surface area contributed by atoms with Gasteiger partial charge in [0.25, 0.3) is 0 Å². The fraction of sp³-hybridized carbons (Fsp3) is 0.867. The first-order chi connectivity index (χ1) is 9.34. The third-order valence-electron chi connectivity index (χ3n) is 3.92. The van der Waals surface area contributed by atoms with E-state index in [0.717, 1.165) is 25.8 Å². The van der Waals surface area contributed by atoms with Gasteiger partial charge in [0.1, 0.15) is 0 Å². The Bertz CT molecular complexity index is 342. The summed E-state index contributed by atoms with van der Waals surface area (Å²) in [5.74, 6) is 0.268. The second-order valence-corrected chi connectivity index (χ2v) is 6.61. The van der Waals surface area contributed by atoms with E-state index in [9.17, 15) is 9.59 Å². The molecule has 1 unspecified atom stereocenters. The van der Waals surface area contributed by atoms with Gasteiger partial charge in [0.05, 0.1) is 0 Å². The molecule has 0 aromatic rings. The van der Waals surface area contributed by atoms with Crippen molar-refractivity contribution in [2.24, 2.45) is 11.1 Å². The third-order valence-corrected chi connectivity index (χ3v) is 3.92. The minimum atomic E-state index is 0.0159. The van der Waals surface area contributed by atoms with E-state index in [-0.39, 0.29) is 23.3 Å². The highest BCUT2D eigenvalue weighted by Crippen LogP contribution is 2.25. The van der Waals surface area contributed by atoms with E-state index in [1.54, 1.807) is 0 Å². The van der Waals surface area contributed by atoms with Gasteiger partial charge < -0.3 is 16.0 Å². The number of hydrogen-bond donors (Lipinski definition) is 2. The van der Waals surface area contributed by atoms with Crippen LogP contribution in [0.1, 0.15) is 52.9 Å². The minimum absolute atomic E-state index is 0.0159. The Labute approximate surface area is 122 Å². The summed E-state index contributed by atoms with van der Waals surface area (Å²) in [5, 5.41) is 2.98. The van der Waals surface area contributed by atoms with Gasteiger partial charge in [0.2, 0.25) is 11.8 Å². The van der Waals surface area contributed by atoms with Gasteiger partial charge in [-0.3, -0.25) is 9.59 Å². The lowest BCUT2D eigenvalue weighted by Gasteiger charge is -2.25. The van der Waals surface area contributed by atoms with Crippen molar-refractivity contribution in [2.45, 2.75) is 58.9 Å². The van der Waals surface area contributed by atoms with E-state index in [1.165, 1.54) is 0 Å². The Morgan fingerprint density at radius 2 is 2.15 bits per heavy atom. The Morgan fingerprint density at radius 1 is 1.45 bits per heavy atom. The quantitative estimate of drug-likeness (QED) is 0.704. The summed E-state index contributed by atoms with van der Waals surface area (Å²) in [6.07, 6.45) is 3.87. The van der Waals surface area contributed by atoms with Crippen LogP contribution in [0.3, 0.4) is 0 Å². The van der Waals surface area contributed by atoms with Crippen LogP contribution in [0.2, 0.25) is 0 Å². The largest absolute Gasteiger partial charge is 0.352 e. The van der Waals surface area contributed by atoms with Crippen LogP contribution in [-0.2, 0) is 9.59 Å². The van der Waals surface area contributed by atoms with Gasteiger partial charge in [-0.2, -0.15) is 0 Å². The van der Waals surface area contributed by atoms with Crippen LogP contribution in [0.15, 0.2) is 0 Å². The molecule has 0 aromatic heterocycles. The van der Waals surface area contributed by atoms with Gasteiger partial charge in [0.15, 0.2) is 0 Å². The van der Waals surface area contributed by atoms with Crippen molar-refractivity contribution < 1.29 is 9.59 Å². The van der Waals surface area contributed by atoms with Crippen LogP contribution in [0, 0.1) is 5.41 Å². The van der Waals surface area contributed by atoms with Crippen molar-refractivity contribution in [1.29, 1.82) is 0 Å². The molecule has 1 fully saturated rings. The van der Waals surface area contributed by atoms with Crippen LogP contribution in [-0.4, -0.2) is 42.4 Å². The average molecular weight is 283 g/mol. The number of nitrogens with zero attached hydrogens (tertiary/aromatic N) is 1. The minimum Gasteiger partial charge on any atom is -0.352 e. The number of hydrogen-bond acceptors (Lipinski definition) is 3. The Morgan fingerprint density at radius 3 is 2.70 bits per heavy atom. The SMILES string of the molecule is CC(CN1CCCC1=O)NC(=O)CCC(C)(C)CCN. The number of nitrogens with one attached hydrogen (secondary N) is 1. The van der Waals surface area contributed by atoms with Gasteiger partial charge in [-0.05, 0) is 38.1 Å². The maximum Gasteiger partial charge on any atom is 0.222 e. The molecule has 5 heteroatoms. The lowest BCUT2D eigenvalue weighted by Crippen LogP contribution is -2.42. The first-order valence-corrected chi connectivity index (χ1v) is 7.61. The molecular weight excluding hydrogens is 254 g/mol. The van der Waals surface area contributed by atoms with Crippen molar-refractivity contribution in [1.82, 2.24) is 10.2 Å². The van der Waals surface area contributed by atoms with Crippen LogP contribution in [0.5, 0.6) is 0 Å². The van der Waals surface area contributed by atoms with Crippen LogP contribution < -0.4 is 11.1 Å². The second kappa shape index (κ2) is 7.62. The monoisotopic (exact) mass is 283 g/mol. The van der Waals surface area contributed by atoms with Crippen LogP contribution in [0.25, 0.3) is 0 Å². The first-order valence-electron chi connectivity index (χ1n) is 7.61. The summed E-state index contributed by atoms with van der Waals surface area (Å²) >= 11 is 0. The summed E-state index contributed by atoms with van der Waals surface area (Å²) in [7, 11) is 0. The zero-order valence-corrected chi connectivity index (χ0v) is 13.1. The topological polar surface area (TPSA) is 75.4 Å². The predicted molar refractivity (Wildman–Crippen MR) is 80.1 cm³/mol. The van der Waals surface area contributed by atoms with E-state index in [2.05, 4.69) is 19.2 Å². The molecule has 0 aromatic carbocycles. The van der Waals surface area contributed by atoms with Gasteiger partial charge in [-0.1, -0.05) is 13.8 Å². The number of carbonyl (C=O) groups is 2. The Hall–Kier alpha value is -1.10. The first kappa shape index (κ1) is 17.0. The molecule has 0 aliphatic carbocycles. The molecule has 1 aliphatic heterocycles. The highest BCUT2D eigenvalue weighted by molar-refractivity contribution is 5.78. The fourth-order valence-electron chi connectivity index (χ4n) is 2.59. The molecular formula is C15H29N3O2. The normalized spacial score (nSPS) is 17.4.